The second-order valence-corrected chi connectivity index (χ2v) is 5.68. The molecule has 0 unspecified atom stereocenters. The van der Waals surface area contributed by atoms with Gasteiger partial charge in [-0.3, -0.25) is 9.89 Å². The summed E-state index contributed by atoms with van der Waals surface area (Å²) in [5.41, 5.74) is 8.58. The topological polar surface area (TPSA) is 96.7 Å². The largest absolute Gasteiger partial charge is 0.395 e. The summed E-state index contributed by atoms with van der Waals surface area (Å²) < 4.78 is 0. The minimum absolute atomic E-state index is 0.256. The summed E-state index contributed by atoms with van der Waals surface area (Å²) in [6, 6.07) is 0. The summed E-state index contributed by atoms with van der Waals surface area (Å²) >= 11 is 1.53. The van der Waals surface area contributed by atoms with E-state index in [1.54, 1.807) is 0 Å². The first-order valence-electron chi connectivity index (χ1n) is 6.18. The fourth-order valence-electron chi connectivity index (χ4n) is 1.94. The fraction of sp³-hybridized carbons (Fsp3) is 0.417. The molecule has 2 aromatic heterocycles. The molecule has 0 saturated heterocycles. The van der Waals surface area contributed by atoms with Crippen LogP contribution in [0.15, 0.2) is 5.38 Å². The van der Waals surface area contributed by atoms with Crippen molar-refractivity contribution in [3.8, 4) is 0 Å². The second-order valence-electron chi connectivity index (χ2n) is 4.74. The molecule has 1 aliphatic carbocycles. The molecule has 100 valence electrons. The second kappa shape index (κ2) is 4.65. The van der Waals surface area contributed by atoms with Crippen molar-refractivity contribution in [1.82, 2.24) is 20.5 Å². The van der Waals surface area contributed by atoms with Crippen LogP contribution in [0.4, 0.5) is 5.69 Å². The molecule has 19 heavy (non-hydrogen) atoms. The third kappa shape index (κ3) is 2.46. The van der Waals surface area contributed by atoms with Crippen LogP contribution in [0, 0.1) is 6.92 Å². The Morgan fingerprint density at radius 3 is 3.05 bits per heavy atom. The quantitative estimate of drug-likeness (QED) is 0.790. The van der Waals surface area contributed by atoms with Crippen molar-refractivity contribution in [2.75, 3.05) is 5.73 Å². The molecule has 2 heterocycles. The van der Waals surface area contributed by atoms with E-state index in [4.69, 9.17) is 5.73 Å². The van der Waals surface area contributed by atoms with E-state index in [0.29, 0.717) is 18.2 Å². The summed E-state index contributed by atoms with van der Waals surface area (Å²) in [5, 5.41) is 12.5. The standard InChI is InChI=1S/C12H15N5OS/c1-6-5-19-8(15-6)4-14-12(18)11-9(13)10(16-17-11)7-2-3-7/h5,7H,2-4,13H2,1H3,(H,14,18)(H,16,17). The average molecular weight is 277 g/mol. The number of thiazole rings is 1. The van der Waals surface area contributed by atoms with Gasteiger partial charge in [-0.05, 0) is 19.8 Å². The van der Waals surface area contributed by atoms with Crippen molar-refractivity contribution < 1.29 is 4.79 Å². The molecule has 0 spiro atoms. The Labute approximate surface area is 114 Å². The van der Waals surface area contributed by atoms with Gasteiger partial charge in [0.25, 0.3) is 5.91 Å². The fourth-order valence-corrected chi connectivity index (χ4v) is 2.66. The summed E-state index contributed by atoms with van der Waals surface area (Å²) in [6.07, 6.45) is 2.23. The number of aromatic amines is 1. The summed E-state index contributed by atoms with van der Waals surface area (Å²) in [6.45, 7) is 2.33. The maximum Gasteiger partial charge on any atom is 0.274 e. The molecule has 7 heteroatoms. The first kappa shape index (κ1) is 12.2. The maximum atomic E-state index is 12.0. The van der Waals surface area contributed by atoms with Gasteiger partial charge in [-0.15, -0.1) is 11.3 Å². The lowest BCUT2D eigenvalue weighted by Gasteiger charge is -2.01. The monoisotopic (exact) mass is 277 g/mol. The molecule has 3 rings (SSSR count). The maximum absolute atomic E-state index is 12.0. The Balaban J connectivity index is 1.66. The SMILES string of the molecule is Cc1csc(CNC(=O)c2n[nH]c(C3CC3)c2N)n1. The van der Waals surface area contributed by atoms with Gasteiger partial charge in [0.05, 0.1) is 17.9 Å². The van der Waals surface area contributed by atoms with Crippen LogP contribution in [0.2, 0.25) is 0 Å². The van der Waals surface area contributed by atoms with Crippen molar-refractivity contribution in [2.45, 2.75) is 32.2 Å². The lowest BCUT2D eigenvalue weighted by atomic mass is 10.2. The Morgan fingerprint density at radius 2 is 2.42 bits per heavy atom. The van der Waals surface area contributed by atoms with Gasteiger partial charge in [-0.1, -0.05) is 0 Å². The number of nitrogens with zero attached hydrogens (tertiary/aromatic N) is 2. The first-order chi connectivity index (χ1) is 9.15. The number of anilines is 1. The van der Waals surface area contributed by atoms with E-state index < -0.39 is 0 Å². The molecule has 2 aromatic rings. The Hall–Kier alpha value is -1.89. The smallest absolute Gasteiger partial charge is 0.274 e. The number of nitrogen functional groups attached to an aromatic ring is 1. The predicted octanol–water partition coefficient (Wildman–Crippen LogP) is 1.56. The molecular formula is C12H15N5OS. The number of amides is 1. The molecule has 0 bridgehead atoms. The predicted molar refractivity (Wildman–Crippen MR) is 73.0 cm³/mol. The number of nitrogens with one attached hydrogen (secondary N) is 2. The van der Waals surface area contributed by atoms with Crippen molar-refractivity contribution in [3.63, 3.8) is 0 Å². The van der Waals surface area contributed by atoms with E-state index in [1.807, 2.05) is 12.3 Å². The molecule has 0 atom stereocenters. The number of H-pyrrole nitrogens is 1. The third-order valence-corrected chi connectivity index (χ3v) is 4.07. The third-order valence-electron chi connectivity index (χ3n) is 3.10. The molecule has 1 saturated carbocycles. The van der Waals surface area contributed by atoms with Gasteiger partial charge < -0.3 is 11.1 Å². The number of carbonyl (C=O) groups is 1. The van der Waals surface area contributed by atoms with Crippen LogP contribution in [0.25, 0.3) is 0 Å². The van der Waals surface area contributed by atoms with Gasteiger partial charge in [0.1, 0.15) is 5.01 Å². The van der Waals surface area contributed by atoms with Crippen molar-refractivity contribution in [2.24, 2.45) is 0 Å². The van der Waals surface area contributed by atoms with Gasteiger partial charge >= 0.3 is 0 Å². The highest BCUT2D eigenvalue weighted by Gasteiger charge is 2.30. The molecule has 1 fully saturated rings. The van der Waals surface area contributed by atoms with Crippen LogP contribution >= 0.6 is 11.3 Å². The van der Waals surface area contributed by atoms with Crippen LogP contribution in [-0.2, 0) is 6.54 Å². The Morgan fingerprint density at radius 1 is 1.63 bits per heavy atom. The zero-order valence-corrected chi connectivity index (χ0v) is 11.4. The van der Waals surface area contributed by atoms with Gasteiger partial charge in [-0.2, -0.15) is 5.10 Å². The highest BCUT2D eigenvalue weighted by atomic mass is 32.1. The highest BCUT2D eigenvalue weighted by Crippen LogP contribution is 2.42. The number of rotatable bonds is 4. The molecule has 6 nitrogen and oxygen atoms in total. The summed E-state index contributed by atoms with van der Waals surface area (Å²) in [4.78, 5) is 16.3. The van der Waals surface area contributed by atoms with Crippen LogP contribution in [0.1, 0.15) is 45.6 Å². The van der Waals surface area contributed by atoms with Crippen LogP contribution in [-0.4, -0.2) is 21.1 Å². The van der Waals surface area contributed by atoms with E-state index in [2.05, 4.69) is 20.5 Å². The molecule has 0 aliphatic heterocycles. The van der Waals surface area contributed by atoms with Crippen LogP contribution < -0.4 is 11.1 Å². The average Bonchev–Trinajstić information content (AvgIpc) is 3.03. The van der Waals surface area contributed by atoms with Gasteiger partial charge in [-0.25, -0.2) is 4.98 Å². The summed E-state index contributed by atoms with van der Waals surface area (Å²) in [7, 11) is 0. The van der Waals surface area contributed by atoms with E-state index >= 15 is 0 Å². The molecule has 1 aliphatic rings. The van der Waals surface area contributed by atoms with Crippen LogP contribution in [0.5, 0.6) is 0 Å². The number of carbonyl (C=O) groups excluding carboxylic acids is 1. The van der Waals surface area contributed by atoms with Crippen molar-refractivity contribution >= 4 is 22.9 Å². The number of aryl methyl sites for hydroxylation is 1. The lowest BCUT2D eigenvalue weighted by molar-refractivity contribution is 0.0946. The van der Waals surface area contributed by atoms with Crippen molar-refractivity contribution in [1.29, 1.82) is 0 Å². The number of hydrogen-bond acceptors (Lipinski definition) is 5. The van der Waals surface area contributed by atoms with Gasteiger partial charge in [0.2, 0.25) is 0 Å². The van der Waals surface area contributed by atoms with Gasteiger partial charge in [0, 0.05) is 17.0 Å². The first-order valence-corrected chi connectivity index (χ1v) is 7.06. The highest BCUT2D eigenvalue weighted by molar-refractivity contribution is 7.09. The van der Waals surface area contributed by atoms with Gasteiger partial charge in [0.15, 0.2) is 5.69 Å². The zero-order chi connectivity index (χ0) is 13.4. The van der Waals surface area contributed by atoms with E-state index in [1.165, 1.54) is 11.3 Å². The molecular weight excluding hydrogens is 262 g/mol. The Kier molecular flexibility index (Phi) is 2.98. The normalized spacial score (nSPS) is 14.6. The number of hydrogen-bond donors (Lipinski definition) is 3. The minimum Gasteiger partial charge on any atom is -0.395 e. The van der Waals surface area contributed by atoms with E-state index in [-0.39, 0.29) is 11.6 Å². The summed E-state index contributed by atoms with van der Waals surface area (Å²) in [5.74, 6) is 0.198. The molecule has 4 N–H and O–H groups in total. The minimum atomic E-state index is -0.256. The zero-order valence-electron chi connectivity index (χ0n) is 10.6. The van der Waals surface area contributed by atoms with Crippen molar-refractivity contribution in [3.05, 3.63) is 27.5 Å². The van der Waals surface area contributed by atoms with Crippen LogP contribution in [0.3, 0.4) is 0 Å². The number of nitrogens with two attached hydrogens (primary N) is 1. The Bertz CT molecular complexity index is 613. The lowest BCUT2D eigenvalue weighted by Crippen LogP contribution is -2.24. The molecule has 0 radical (unpaired) electrons. The number of aromatic nitrogens is 3. The van der Waals surface area contributed by atoms with E-state index in [0.717, 1.165) is 29.2 Å². The molecule has 1 amide bonds. The molecule has 0 aromatic carbocycles. The van der Waals surface area contributed by atoms with E-state index in [9.17, 15) is 4.79 Å².